The van der Waals surface area contributed by atoms with Crippen molar-refractivity contribution in [1.29, 1.82) is 0 Å². The molecule has 1 saturated carbocycles. The first kappa shape index (κ1) is 13.4. The van der Waals surface area contributed by atoms with Crippen molar-refractivity contribution >= 4 is 11.8 Å². The van der Waals surface area contributed by atoms with Crippen molar-refractivity contribution in [2.24, 2.45) is 17.6 Å². The highest BCUT2D eigenvalue weighted by atomic mass is 32.2. The maximum absolute atomic E-state index is 6.26. The molecule has 0 radical (unpaired) electrons. The van der Waals surface area contributed by atoms with Crippen LogP contribution in [0.1, 0.15) is 52.4 Å². The van der Waals surface area contributed by atoms with Gasteiger partial charge >= 0.3 is 0 Å². The molecule has 1 rings (SSSR count). The van der Waals surface area contributed by atoms with Crippen LogP contribution in [-0.2, 0) is 0 Å². The summed E-state index contributed by atoms with van der Waals surface area (Å²) >= 11 is 2.06. The van der Waals surface area contributed by atoms with Crippen LogP contribution in [0, 0.1) is 11.8 Å². The third-order valence-corrected chi connectivity index (χ3v) is 5.09. The smallest absolute Gasteiger partial charge is 0.0158 e. The van der Waals surface area contributed by atoms with Crippen LogP contribution in [0.25, 0.3) is 0 Å². The van der Waals surface area contributed by atoms with E-state index in [1.807, 2.05) is 0 Å². The standard InChI is InChI=1S/C13H27NS/c1-3-11(2)9-15-10-13(14)12-7-5-4-6-8-12/h11-13H,3-10,14H2,1-2H3. The Balaban J connectivity index is 2.09. The molecule has 1 aliphatic rings. The summed E-state index contributed by atoms with van der Waals surface area (Å²) in [6, 6.07) is 0.458. The third kappa shape index (κ3) is 5.26. The molecule has 2 unspecified atom stereocenters. The van der Waals surface area contributed by atoms with Gasteiger partial charge in [0, 0.05) is 11.8 Å². The average Bonchev–Trinajstić information content (AvgIpc) is 2.29. The molecule has 0 bridgehead atoms. The Morgan fingerprint density at radius 2 is 1.87 bits per heavy atom. The summed E-state index contributed by atoms with van der Waals surface area (Å²) in [5.74, 6) is 4.14. The summed E-state index contributed by atoms with van der Waals surface area (Å²) in [6.07, 6.45) is 8.31. The largest absolute Gasteiger partial charge is 0.327 e. The van der Waals surface area contributed by atoms with E-state index in [1.54, 1.807) is 0 Å². The number of hydrogen-bond donors (Lipinski definition) is 1. The molecule has 1 nitrogen and oxygen atoms in total. The number of thioether (sulfide) groups is 1. The van der Waals surface area contributed by atoms with Crippen molar-refractivity contribution in [3.05, 3.63) is 0 Å². The third-order valence-electron chi connectivity index (χ3n) is 3.66. The molecule has 2 atom stereocenters. The fourth-order valence-corrected chi connectivity index (χ4v) is 3.54. The fourth-order valence-electron chi connectivity index (χ4n) is 2.22. The van der Waals surface area contributed by atoms with Crippen LogP contribution in [0.5, 0.6) is 0 Å². The van der Waals surface area contributed by atoms with Crippen molar-refractivity contribution in [2.45, 2.75) is 58.4 Å². The van der Waals surface area contributed by atoms with Gasteiger partial charge in [0.05, 0.1) is 0 Å². The van der Waals surface area contributed by atoms with Crippen molar-refractivity contribution in [1.82, 2.24) is 0 Å². The first-order valence-electron chi connectivity index (χ1n) is 6.57. The Hall–Kier alpha value is 0.310. The monoisotopic (exact) mass is 229 g/mol. The Bertz CT molecular complexity index is 155. The minimum absolute atomic E-state index is 0.458. The topological polar surface area (TPSA) is 26.0 Å². The summed E-state index contributed by atoms with van der Waals surface area (Å²) < 4.78 is 0. The summed E-state index contributed by atoms with van der Waals surface area (Å²) in [7, 11) is 0. The van der Waals surface area contributed by atoms with E-state index in [1.165, 1.54) is 50.0 Å². The van der Waals surface area contributed by atoms with Crippen LogP contribution in [0.15, 0.2) is 0 Å². The lowest BCUT2D eigenvalue weighted by Gasteiger charge is -2.27. The quantitative estimate of drug-likeness (QED) is 0.752. The second-order valence-corrected chi connectivity index (χ2v) is 6.19. The summed E-state index contributed by atoms with van der Waals surface area (Å²) in [5, 5.41) is 0. The van der Waals surface area contributed by atoms with Gasteiger partial charge in [0.2, 0.25) is 0 Å². The molecule has 90 valence electrons. The van der Waals surface area contributed by atoms with Crippen molar-refractivity contribution in [3.8, 4) is 0 Å². The molecule has 0 aromatic heterocycles. The maximum atomic E-state index is 6.26. The highest BCUT2D eigenvalue weighted by Crippen LogP contribution is 2.27. The van der Waals surface area contributed by atoms with E-state index < -0.39 is 0 Å². The highest BCUT2D eigenvalue weighted by molar-refractivity contribution is 7.99. The predicted molar refractivity (Wildman–Crippen MR) is 71.3 cm³/mol. The van der Waals surface area contributed by atoms with Crippen LogP contribution < -0.4 is 5.73 Å². The zero-order valence-corrected chi connectivity index (χ0v) is 11.2. The van der Waals surface area contributed by atoms with Crippen LogP contribution in [0.3, 0.4) is 0 Å². The normalized spacial score (nSPS) is 22.6. The van der Waals surface area contributed by atoms with Crippen LogP contribution in [-0.4, -0.2) is 17.5 Å². The Morgan fingerprint density at radius 3 is 2.47 bits per heavy atom. The van der Waals surface area contributed by atoms with Gasteiger partial charge < -0.3 is 5.73 Å². The molecule has 0 heterocycles. The molecule has 1 fully saturated rings. The van der Waals surface area contributed by atoms with Crippen LogP contribution >= 0.6 is 11.8 Å². The first-order chi connectivity index (χ1) is 7.24. The molecule has 2 heteroatoms. The maximum Gasteiger partial charge on any atom is 0.0158 e. The van der Waals surface area contributed by atoms with Gasteiger partial charge in [0.15, 0.2) is 0 Å². The van der Waals surface area contributed by atoms with E-state index in [9.17, 15) is 0 Å². The van der Waals surface area contributed by atoms with E-state index in [2.05, 4.69) is 25.6 Å². The zero-order valence-electron chi connectivity index (χ0n) is 10.4. The average molecular weight is 229 g/mol. The van der Waals surface area contributed by atoms with E-state index in [0.717, 1.165) is 11.8 Å². The molecule has 15 heavy (non-hydrogen) atoms. The summed E-state index contributed by atoms with van der Waals surface area (Å²) in [5.41, 5.74) is 6.26. The van der Waals surface area contributed by atoms with Gasteiger partial charge in [-0.05, 0) is 30.4 Å². The molecular formula is C13H27NS. The highest BCUT2D eigenvalue weighted by Gasteiger charge is 2.20. The van der Waals surface area contributed by atoms with Crippen LogP contribution in [0.2, 0.25) is 0 Å². The zero-order chi connectivity index (χ0) is 11.1. The SMILES string of the molecule is CCC(C)CSCC(N)C1CCCCC1. The molecule has 0 amide bonds. The summed E-state index contributed by atoms with van der Waals surface area (Å²) in [4.78, 5) is 0. The second-order valence-electron chi connectivity index (χ2n) is 5.11. The van der Waals surface area contributed by atoms with Crippen molar-refractivity contribution in [2.75, 3.05) is 11.5 Å². The van der Waals surface area contributed by atoms with Crippen molar-refractivity contribution < 1.29 is 0 Å². The van der Waals surface area contributed by atoms with Gasteiger partial charge in [-0.15, -0.1) is 0 Å². The molecule has 0 aromatic carbocycles. The molecule has 0 spiro atoms. The van der Waals surface area contributed by atoms with Crippen LogP contribution in [0.4, 0.5) is 0 Å². The molecular weight excluding hydrogens is 202 g/mol. The number of rotatable bonds is 6. The minimum Gasteiger partial charge on any atom is -0.327 e. The number of hydrogen-bond acceptors (Lipinski definition) is 2. The molecule has 0 saturated heterocycles. The van der Waals surface area contributed by atoms with Gasteiger partial charge in [0.25, 0.3) is 0 Å². The molecule has 2 N–H and O–H groups in total. The van der Waals surface area contributed by atoms with Crippen molar-refractivity contribution in [3.63, 3.8) is 0 Å². The second kappa shape index (κ2) is 7.56. The van der Waals surface area contributed by atoms with Gasteiger partial charge in [-0.3, -0.25) is 0 Å². The molecule has 0 aromatic rings. The fraction of sp³-hybridized carbons (Fsp3) is 1.00. The Morgan fingerprint density at radius 1 is 1.20 bits per heavy atom. The molecule has 1 aliphatic carbocycles. The molecule has 0 aliphatic heterocycles. The van der Waals surface area contributed by atoms with Gasteiger partial charge in [-0.1, -0.05) is 39.5 Å². The Kier molecular flexibility index (Phi) is 6.74. The van der Waals surface area contributed by atoms with E-state index >= 15 is 0 Å². The van der Waals surface area contributed by atoms with E-state index in [4.69, 9.17) is 5.73 Å². The van der Waals surface area contributed by atoms with Gasteiger partial charge in [0.1, 0.15) is 0 Å². The summed E-state index contributed by atoms with van der Waals surface area (Å²) in [6.45, 7) is 4.60. The van der Waals surface area contributed by atoms with Gasteiger partial charge in [-0.25, -0.2) is 0 Å². The lowest BCUT2D eigenvalue weighted by atomic mass is 9.85. The lowest BCUT2D eigenvalue weighted by Crippen LogP contribution is -2.34. The predicted octanol–water partition coefficient (Wildman–Crippen LogP) is 3.67. The van der Waals surface area contributed by atoms with E-state index in [-0.39, 0.29) is 0 Å². The minimum atomic E-state index is 0.458. The number of nitrogens with two attached hydrogens (primary N) is 1. The first-order valence-corrected chi connectivity index (χ1v) is 7.72. The van der Waals surface area contributed by atoms with E-state index in [0.29, 0.717) is 6.04 Å². The Labute approximate surface area is 99.6 Å². The van der Waals surface area contributed by atoms with Gasteiger partial charge in [-0.2, -0.15) is 11.8 Å². The lowest BCUT2D eigenvalue weighted by molar-refractivity contribution is 0.319.